The van der Waals surface area contributed by atoms with Gasteiger partial charge in [0.2, 0.25) is 5.91 Å². The molecule has 0 N–H and O–H groups in total. The summed E-state index contributed by atoms with van der Waals surface area (Å²) in [6.07, 6.45) is 5.59. The first-order chi connectivity index (χ1) is 12.9. The summed E-state index contributed by atoms with van der Waals surface area (Å²) in [5.41, 5.74) is 1.26. The van der Waals surface area contributed by atoms with Crippen LogP contribution in [0.2, 0.25) is 0 Å². The van der Waals surface area contributed by atoms with E-state index in [4.69, 9.17) is 4.98 Å². The van der Waals surface area contributed by atoms with Crippen LogP contribution in [0.1, 0.15) is 43.6 Å². The van der Waals surface area contributed by atoms with Gasteiger partial charge in [-0.2, -0.15) is 0 Å². The van der Waals surface area contributed by atoms with Gasteiger partial charge in [0.15, 0.2) is 5.16 Å². The summed E-state index contributed by atoms with van der Waals surface area (Å²) in [5.74, 6) is 1.60. The van der Waals surface area contributed by atoms with Gasteiger partial charge in [0.25, 0.3) is 5.56 Å². The third-order valence-electron chi connectivity index (χ3n) is 5.70. The lowest BCUT2D eigenvalue weighted by atomic mass is 9.92. The van der Waals surface area contributed by atoms with Crippen LogP contribution in [0.25, 0.3) is 10.2 Å². The zero-order valence-electron chi connectivity index (χ0n) is 16.3. The van der Waals surface area contributed by atoms with Crippen LogP contribution in [0.5, 0.6) is 0 Å². The van der Waals surface area contributed by atoms with Crippen molar-refractivity contribution in [2.24, 2.45) is 18.9 Å². The van der Waals surface area contributed by atoms with Crippen molar-refractivity contribution in [1.29, 1.82) is 0 Å². The van der Waals surface area contributed by atoms with E-state index in [1.807, 2.05) is 4.90 Å². The van der Waals surface area contributed by atoms with Crippen molar-refractivity contribution in [2.45, 2.75) is 51.1 Å². The second kappa shape index (κ2) is 7.59. The van der Waals surface area contributed by atoms with Crippen LogP contribution in [-0.4, -0.2) is 39.2 Å². The molecule has 0 radical (unpaired) electrons. The number of likely N-dealkylation sites (tertiary alicyclic amines) is 1. The SMILES string of the molecule is CC1CC(C)CN(C(=O)CSc2nc3sc4c(c3c(=O)n2C)CCCC4)C1. The highest BCUT2D eigenvalue weighted by Gasteiger charge is 2.26. The van der Waals surface area contributed by atoms with Crippen molar-refractivity contribution < 1.29 is 4.79 Å². The first-order valence-electron chi connectivity index (χ1n) is 9.86. The van der Waals surface area contributed by atoms with Crippen LogP contribution < -0.4 is 5.56 Å². The number of nitrogens with zero attached hydrogens (tertiary/aromatic N) is 3. The molecule has 7 heteroatoms. The van der Waals surface area contributed by atoms with Gasteiger partial charge in [-0.15, -0.1) is 11.3 Å². The zero-order chi connectivity index (χ0) is 19.1. The molecule has 2 unspecified atom stereocenters. The first-order valence-corrected chi connectivity index (χ1v) is 11.7. The summed E-state index contributed by atoms with van der Waals surface area (Å²) >= 11 is 3.06. The number of thioether (sulfide) groups is 1. The molecule has 0 aromatic carbocycles. The van der Waals surface area contributed by atoms with E-state index < -0.39 is 0 Å². The Labute approximate surface area is 168 Å². The van der Waals surface area contributed by atoms with Crippen molar-refractivity contribution in [3.63, 3.8) is 0 Å². The summed E-state index contributed by atoms with van der Waals surface area (Å²) < 4.78 is 1.63. The average molecular weight is 406 g/mol. The highest BCUT2D eigenvalue weighted by Crippen LogP contribution is 2.34. The molecule has 2 aliphatic rings. The van der Waals surface area contributed by atoms with E-state index in [1.165, 1.54) is 35.0 Å². The minimum atomic E-state index is 0.0366. The number of aryl methyl sites for hydroxylation is 2. The summed E-state index contributed by atoms with van der Waals surface area (Å²) in [4.78, 5) is 34.5. The number of thiophene rings is 1. The van der Waals surface area contributed by atoms with Gasteiger partial charge in [-0.25, -0.2) is 4.98 Å². The Morgan fingerprint density at radius 3 is 2.67 bits per heavy atom. The third-order valence-corrected chi connectivity index (χ3v) is 7.90. The maximum absolute atomic E-state index is 12.9. The molecular weight excluding hydrogens is 378 g/mol. The molecule has 0 bridgehead atoms. The van der Waals surface area contributed by atoms with Crippen LogP contribution in [0.15, 0.2) is 9.95 Å². The molecule has 2 aromatic rings. The largest absolute Gasteiger partial charge is 0.341 e. The summed E-state index contributed by atoms with van der Waals surface area (Å²) in [5, 5.41) is 1.46. The molecule has 4 rings (SSSR count). The Balaban J connectivity index is 1.55. The number of hydrogen-bond acceptors (Lipinski definition) is 5. The highest BCUT2D eigenvalue weighted by molar-refractivity contribution is 7.99. The number of carbonyl (C=O) groups is 1. The molecule has 1 fully saturated rings. The Morgan fingerprint density at radius 2 is 1.93 bits per heavy atom. The molecule has 2 atom stereocenters. The highest BCUT2D eigenvalue weighted by atomic mass is 32.2. The number of aromatic nitrogens is 2. The predicted molar refractivity (Wildman–Crippen MR) is 112 cm³/mol. The summed E-state index contributed by atoms with van der Waals surface area (Å²) in [6.45, 7) is 6.10. The fraction of sp³-hybridized carbons (Fsp3) is 0.650. The maximum Gasteiger partial charge on any atom is 0.262 e. The van der Waals surface area contributed by atoms with Gasteiger partial charge in [0.1, 0.15) is 4.83 Å². The number of fused-ring (bicyclic) bond motifs is 3. The Kier molecular flexibility index (Phi) is 5.34. The van der Waals surface area contributed by atoms with Crippen LogP contribution in [0.4, 0.5) is 0 Å². The molecule has 1 amide bonds. The number of rotatable bonds is 3. The van der Waals surface area contributed by atoms with Gasteiger partial charge in [-0.05, 0) is 49.5 Å². The summed E-state index contributed by atoms with van der Waals surface area (Å²) in [6, 6.07) is 0. The molecule has 1 aliphatic carbocycles. The number of piperidine rings is 1. The van der Waals surface area contributed by atoms with Gasteiger partial charge in [-0.3, -0.25) is 14.2 Å². The monoisotopic (exact) mass is 405 g/mol. The second-order valence-electron chi connectivity index (χ2n) is 8.18. The molecule has 3 heterocycles. The molecule has 27 heavy (non-hydrogen) atoms. The van der Waals surface area contributed by atoms with Gasteiger partial charge in [-0.1, -0.05) is 25.6 Å². The van der Waals surface area contributed by atoms with E-state index >= 15 is 0 Å². The van der Waals surface area contributed by atoms with Crippen molar-refractivity contribution >= 4 is 39.2 Å². The van der Waals surface area contributed by atoms with Crippen molar-refractivity contribution in [1.82, 2.24) is 14.5 Å². The first kappa shape index (κ1) is 19.0. The fourth-order valence-electron chi connectivity index (χ4n) is 4.48. The topological polar surface area (TPSA) is 55.2 Å². The van der Waals surface area contributed by atoms with E-state index in [2.05, 4.69) is 13.8 Å². The lowest BCUT2D eigenvalue weighted by Gasteiger charge is -2.35. The molecule has 1 aliphatic heterocycles. The normalized spacial score (nSPS) is 22.9. The maximum atomic E-state index is 12.9. The Hall–Kier alpha value is -1.34. The molecule has 1 saturated heterocycles. The van der Waals surface area contributed by atoms with E-state index in [0.717, 1.165) is 42.6 Å². The zero-order valence-corrected chi connectivity index (χ0v) is 17.9. The van der Waals surface area contributed by atoms with Gasteiger partial charge in [0, 0.05) is 25.0 Å². The predicted octanol–water partition coefficient (Wildman–Crippen LogP) is 3.47. The van der Waals surface area contributed by atoms with Crippen LogP contribution in [0.3, 0.4) is 0 Å². The molecular formula is C20H27N3O2S2. The smallest absolute Gasteiger partial charge is 0.262 e. The van der Waals surface area contributed by atoms with E-state index in [0.29, 0.717) is 22.7 Å². The van der Waals surface area contributed by atoms with Crippen LogP contribution in [-0.2, 0) is 24.7 Å². The minimum Gasteiger partial charge on any atom is -0.341 e. The third kappa shape index (κ3) is 3.68. The number of amides is 1. The van der Waals surface area contributed by atoms with Crippen molar-refractivity contribution in [3.05, 3.63) is 20.8 Å². The Bertz CT molecular complexity index is 923. The molecule has 2 aromatic heterocycles. The lowest BCUT2D eigenvalue weighted by molar-refractivity contribution is -0.130. The van der Waals surface area contributed by atoms with Crippen LogP contribution >= 0.6 is 23.1 Å². The van der Waals surface area contributed by atoms with Crippen molar-refractivity contribution in [2.75, 3.05) is 18.8 Å². The lowest BCUT2D eigenvalue weighted by Crippen LogP contribution is -2.43. The second-order valence-corrected chi connectivity index (χ2v) is 10.2. The van der Waals surface area contributed by atoms with E-state index in [1.54, 1.807) is 23.0 Å². The van der Waals surface area contributed by atoms with Crippen molar-refractivity contribution in [3.8, 4) is 0 Å². The molecule has 146 valence electrons. The summed E-state index contributed by atoms with van der Waals surface area (Å²) in [7, 11) is 1.78. The van der Waals surface area contributed by atoms with E-state index in [9.17, 15) is 9.59 Å². The van der Waals surface area contributed by atoms with Gasteiger partial charge in [0.05, 0.1) is 11.1 Å². The molecule has 0 spiro atoms. The molecule has 0 saturated carbocycles. The Morgan fingerprint density at radius 1 is 1.22 bits per heavy atom. The standard InChI is InChI=1S/C20H27N3O2S2/c1-12-8-13(2)10-23(9-12)16(24)11-26-20-21-18-17(19(25)22(20)3)14-6-4-5-7-15(14)27-18/h12-13H,4-11H2,1-3H3. The minimum absolute atomic E-state index is 0.0366. The van der Waals surface area contributed by atoms with Crippen LogP contribution in [0, 0.1) is 11.8 Å². The molecule has 5 nitrogen and oxygen atoms in total. The fourth-order valence-corrected chi connectivity index (χ4v) is 6.66. The van der Waals surface area contributed by atoms with Gasteiger partial charge < -0.3 is 4.90 Å². The van der Waals surface area contributed by atoms with E-state index in [-0.39, 0.29) is 11.5 Å². The number of hydrogen-bond donors (Lipinski definition) is 0. The van der Waals surface area contributed by atoms with Gasteiger partial charge >= 0.3 is 0 Å². The average Bonchev–Trinajstić information content (AvgIpc) is 3.00. The quantitative estimate of drug-likeness (QED) is 0.580. The number of carbonyl (C=O) groups excluding carboxylic acids is 1.